The molecule has 0 aliphatic rings. The fourth-order valence-electron chi connectivity index (χ4n) is 0.869. The van der Waals surface area contributed by atoms with E-state index in [0.717, 1.165) is 0 Å². The van der Waals surface area contributed by atoms with Crippen LogP contribution in [-0.2, 0) is 0 Å². The molecule has 15 heavy (non-hydrogen) atoms. The van der Waals surface area contributed by atoms with Crippen LogP contribution in [0, 0.1) is 11.3 Å². The summed E-state index contributed by atoms with van der Waals surface area (Å²) in [5.41, 5.74) is 11.4. The predicted octanol–water partition coefficient (Wildman–Crippen LogP) is 0.587. The van der Waals surface area contributed by atoms with E-state index in [9.17, 15) is 0 Å². The fourth-order valence-corrected chi connectivity index (χ4v) is 0.869. The van der Waals surface area contributed by atoms with E-state index < -0.39 is 0 Å². The molecule has 5 nitrogen and oxygen atoms in total. The molecule has 1 aromatic carbocycles. The standard InChI is InChI=1S/C9H9N5.ClH/c10-5-7-3-1-2-4-8(7)6-13-14-9(11)12;/h1-4,6H,(H4,11,12,14);1H. The molecular formula is C9H10ClN5. The van der Waals surface area contributed by atoms with Gasteiger partial charge in [0.1, 0.15) is 0 Å². The highest BCUT2D eigenvalue weighted by atomic mass is 35.5. The van der Waals surface area contributed by atoms with Crippen molar-refractivity contribution in [3.63, 3.8) is 0 Å². The van der Waals surface area contributed by atoms with Crippen LogP contribution in [-0.4, -0.2) is 12.2 Å². The highest BCUT2D eigenvalue weighted by molar-refractivity contribution is 5.85. The topological polar surface area (TPSA) is 101 Å². The van der Waals surface area contributed by atoms with Crippen LogP contribution >= 0.6 is 12.4 Å². The van der Waals surface area contributed by atoms with Crippen LogP contribution in [0.1, 0.15) is 11.1 Å². The first-order valence-corrected chi connectivity index (χ1v) is 3.85. The Morgan fingerprint density at radius 2 is 2.00 bits per heavy atom. The number of nitrogens with zero attached hydrogens (tertiary/aromatic N) is 3. The van der Waals surface area contributed by atoms with Crippen molar-refractivity contribution in [2.24, 2.45) is 21.7 Å². The molecule has 0 atom stereocenters. The van der Waals surface area contributed by atoms with Crippen molar-refractivity contribution in [2.75, 3.05) is 0 Å². The summed E-state index contributed by atoms with van der Waals surface area (Å²) in [5, 5.41) is 15.8. The van der Waals surface area contributed by atoms with E-state index in [2.05, 4.69) is 10.2 Å². The quantitative estimate of drug-likeness (QED) is 0.436. The number of guanidine groups is 1. The van der Waals surface area contributed by atoms with E-state index in [1.54, 1.807) is 24.3 Å². The Morgan fingerprint density at radius 3 is 2.60 bits per heavy atom. The molecule has 6 heteroatoms. The molecule has 0 aliphatic carbocycles. The molecule has 0 fully saturated rings. The smallest absolute Gasteiger partial charge is 0.211 e. The Hall–Kier alpha value is -2.06. The van der Waals surface area contributed by atoms with Gasteiger partial charge in [-0.2, -0.15) is 10.4 Å². The van der Waals surface area contributed by atoms with Crippen molar-refractivity contribution in [1.29, 1.82) is 5.26 Å². The van der Waals surface area contributed by atoms with Gasteiger partial charge in [-0.05, 0) is 6.07 Å². The Balaban J connectivity index is 0.00000196. The molecule has 0 saturated carbocycles. The average Bonchev–Trinajstić information content (AvgIpc) is 2.18. The second-order valence-corrected chi connectivity index (χ2v) is 2.47. The number of benzene rings is 1. The Bertz CT molecular complexity index is 415. The maximum Gasteiger partial charge on any atom is 0.211 e. The third-order valence-electron chi connectivity index (χ3n) is 1.45. The Morgan fingerprint density at radius 1 is 1.33 bits per heavy atom. The summed E-state index contributed by atoms with van der Waals surface area (Å²) in [6.45, 7) is 0. The van der Waals surface area contributed by atoms with Gasteiger partial charge >= 0.3 is 0 Å². The largest absolute Gasteiger partial charge is 0.369 e. The molecule has 4 N–H and O–H groups in total. The van der Waals surface area contributed by atoms with Crippen molar-refractivity contribution in [1.82, 2.24) is 0 Å². The Labute approximate surface area is 93.5 Å². The summed E-state index contributed by atoms with van der Waals surface area (Å²) in [7, 11) is 0. The van der Waals surface area contributed by atoms with Crippen LogP contribution in [0.3, 0.4) is 0 Å². The van der Waals surface area contributed by atoms with Crippen molar-refractivity contribution in [3.8, 4) is 6.07 Å². The second-order valence-electron chi connectivity index (χ2n) is 2.47. The maximum absolute atomic E-state index is 8.73. The molecule has 0 radical (unpaired) electrons. The molecule has 0 heterocycles. The van der Waals surface area contributed by atoms with Gasteiger partial charge in [0.2, 0.25) is 5.96 Å². The number of hydrogen-bond acceptors (Lipinski definition) is 3. The molecule has 0 amide bonds. The first-order chi connectivity index (χ1) is 6.74. The summed E-state index contributed by atoms with van der Waals surface area (Å²) < 4.78 is 0. The first-order valence-electron chi connectivity index (χ1n) is 3.85. The minimum absolute atomic E-state index is 0. The average molecular weight is 224 g/mol. The number of rotatable bonds is 2. The van der Waals surface area contributed by atoms with Gasteiger partial charge in [0, 0.05) is 5.56 Å². The van der Waals surface area contributed by atoms with Gasteiger partial charge in [-0.25, -0.2) is 0 Å². The molecule has 0 saturated heterocycles. The molecule has 78 valence electrons. The molecular weight excluding hydrogens is 214 g/mol. The third-order valence-corrected chi connectivity index (χ3v) is 1.45. The van der Waals surface area contributed by atoms with E-state index in [-0.39, 0.29) is 18.4 Å². The lowest BCUT2D eigenvalue weighted by molar-refractivity contribution is 1.21. The van der Waals surface area contributed by atoms with E-state index in [4.69, 9.17) is 16.7 Å². The van der Waals surface area contributed by atoms with Crippen LogP contribution in [0.25, 0.3) is 0 Å². The summed E-state index contributed by atoms with van der Waals surface area (Å²) in [5.74, 6) is -0.115. The number of hydrogen-bond donors (Lipinski definition) is 2. The highest BCUT2D eigenvalue weighted by Gasteiger charge is 1.95. The lowest BCUT2D eigenvalue weighted by atomic mass is 10.1. The molecule has 0 aromatic heterocycles. The molecule has 0 aliphatic heterocycles. The van der Waals surface area contributed by atoms with E-state index in [1.807, 2.05) is 6.07 Å². The van der Waals surface area contributed by atoms with Gasteiger partial charge in [-0.3, -0.25) is 0 Å². The van der Waals surface area contributed by atoms with Crippen LogP contribution in [0.4, 0.5) is 0 Å². The van der Waals surface area contributed by atoms with Crippen LogP contribution < -0.4 is 11.5 Å². The zero-order valence-corrected chi connectivity index (χ0v) is 8.61. The maximum atomic E-state index is 8.73. The minimum atomic E-state index is -0.115. The second kappa shape index (κ2) is 6.40. The van der Waals surface area contributed by atoms with E-state index >= 15 is 0 Å². The summed E-state index contributed by atoms with van der Waals surface area (Å²) in [6, 6.07) is 9.05. The van der Waals surface area contributed by atoms with Gasteiger partial charge in [0.15, 0.2) is 0 Å². The summed E-state index contributed by atoms with van der Waals surface area (Å²) in [4.78, 5) is 0. The van der Waals surface area contributed by atoms with Crippen molar-refractivity contribution in [3.05, 3.63) is 35.4 Å². The molecule has 1 rings (SSSR count). The summed E-state index contributed by atoms with van der Waals surface area (Å²) in [6.07, 6.45) is 1.43. The minimum Gasteiger partial charge on any atom is -0.369 e. The van der Waals surface area contributed by atoms with Gasteiger partial charge in [0.25, 0.3) is 0 Å². The Kier molecular flexibility index (Phi) is 5.52. The number of nitrogens with two attached hydrogens (primary N) is 2. The zero-order chi connectivity index (χ0) is 10.4. The lowest BCUT2D eigenvalue weighted by Gasteiger charge is -1.93. The molecule has 0 unspecified atom stereocenters. The third kappa shape index (κ3) is 4.11. The van der Waals surface area contributed by atoms with Crippen molar-refractivity contribution < 1.29 is 0 Å². The normalized spacial score (nSPS) is 9.00. The van der Waals surface area contributed by atoms with Crippen LogP contribution in [0.15, 0.2) is 34.5 Å². The fraction of sp³-hybridized carbons (Fsp3) is 0. The zero-order valence-electron chi connectivity index (χ0n) is 7.79. The molecule has 0 bridgehead atoms. The first kappa shape index (κ1) is 12.9. The SMILES string of the molecule is Cl.N#Cc1ccccc1C=NN=C(N)N. The monoisotopic (exact) mass is 223 g/mol. The van der Waals surface area contributed by atoms with Crippen LogP contribution in [0.5, 0.6) is 0 Å². The van der Waals surface area contributed by atoms with Gasteiger partial charge in [0.05, 0.1) is 17.8 Å². The summed E-state index contributed by atoms with van der Waals surface area (Å²) >= 11 is 0. The van der Waals surface area contributed by atoms with E-state index in [0.29, 0.717) is 11.1 Å². The van der Waals surface area contributed by atoms with Crippen molar-refractivity contribution >= 4 is 24.6 Å². The highest BCUT2D eigenvalue weighted by Crippen LogP contribution is 2.03. The molecule has 1 aromatic rings. The predicted molar refractivity (Wildman–Crippen MR) is 61.8 cm³/mol. The van der Waals surface area contributed by atoms with E-state index in [1.165, 1.54) is 6.21 Å². The van der Waals surface area contributed by atoms with Gasteiger partial charge < -0.3 is 11.5 Å². The van der Waals surface area contributed by atoms with Crippen molar-refractivity contribution in [2.45, 2.75) is 0 Å². The molecule has 0 spiro atoms. The van der Waals surface area contributed by atoms with Gasteiger partial charge in [-0.1, -0.05) is 18.2 Å². The van der Waals surface area contributed by atoms with Gasteiger partial charge in [-0.15, -0.1) is 17.5 Å². The lowest BCUT2D eigenvalue weighted by Crippen LogP contribution is -2.21. The van der Waals surface area contributed by atoms with Crippen LogP contribution in [0.2, 0.25) is 0 Å². The number of halogens is 1. The number of nitriles is 1.